The highest BCUT2D eigenvalue weighted by molar-refractivity contribution is 6.09. The van der Waals surface area contributed by atoms with E-state index in [1.165, 1.54) is 0 Å². The van der Waals surface area contributed by atoms with Crippen LogP contribution in [0.4, 0.5) is 11.4 Å². The molecule has 120 valence electrons. The fourth-order valence-electron chi connectivity index (χ4n) is 3.16. The number of nitrogens with zero attached hydrogens (tertiary/aromatic N) is 1. The second-order valence-corrected chi connectivity index (χ2v) is 6.12. The quantitative estimate of drug-likeness (QED) is 0.915. The Morgan fingerprint density at radius 3 is 2.65 bits per heavy atom. The molecule has 0 saturated heterocycles. The number of fused-ring (bicyclic) bond motifs is 1. The maximum atomic E-state index is 12.7. The molecular weight excluding hydrogens is 290 g/mol. The number of benzene rings is 1. The minimum atomic E-state index is -0.209. The third-order valence-corrected chi connectivity index (χ3v) is 4.30. The number of para-hydroxylation sites is 2. The molecule has 23 heavy (non-hydrogen) atoms. The number of nitrogens with one attached hydrogen (secondary N) is 2. The summed E-state index contributed by atoms with van der Waals surface area (Å²) in [5.74, 6) is -0.0771. The molecule has 1 aromatic carbocycles. The summed E-state index contributed by atoms with van der Waals surface area (Å²) in [6.45, 7) is 1.84. The van der Waals surface area contributed by atoms with Crippen LogP contribution in [-0.2, 0) is 6.42 Å². The van der Waals surface area contributed by atoms with Gasteiger partial charge < -0.3 is 15.2 Å². The van der Waals surface area contributed by atoms with E-state index in [2.05, 4.69) is 10.3 Å². The van der Waals surface area contributed by atoms with E-state index in [-0.39, 0.29) is 11.7 Å². The van der Waals surface area contributed by atoms with Crippen molar-refractivity contribution in [1.82, 2.24) is 4.98 Å². The monoisotopic (exact) mass is 311 g/mol. The SMILES string of the molecule is Cc1c(C(=O)Nc2ccccc2N(C)C)[nH]c2c1C(=O)CCC2. The van der Waals surface area contributed by atoms with Gasteiger partial charge >= 0.3 is 0 Å². The Kier molecular flexibility index (Phi) is 3.94. The van der Waals surface area contributed by atoms with Crippen molar-refractivity contribution >= 4 is 23.1 Å². The molecule has 1 amide bonds. The molecular formula is C18H21N3O2. The molecule has 1 aliphatic rings. The highest BCUT2D eigenvalue weighted by atomic mass is 16.2. The van der Waals surface area contributed by atoms with E-state index in [0.29, 0.717) is 17.7 Å². The zero-order valence-corrected chi connectivity index (χ0v) is 13.7. The van der Waals surface area contributed by atoms with E-state index in [0.717, 1.165) is 35.5 Å². The van der Waals surface area contributed by atoms with E-state index < -0.39 is 0 Å². The van der Waals surface area contributed by atoms with Gasteiger partial charge in [-0.3, -0.25) is 9.59 Å². The zero-order chi connectivity index (χ0) is 16.6. The lowest BCUT2D eigenvalue weighted by Gasteiger charge is -2.17. The number of carbonyl (C=O) groups is 2. The molecule has 0 spiro atoms. The van der Waals surface area contributed by atoms with Crippen molar-refractivity contribution < 1.29 is 9.59 Å². The Balaban J connectivity index is 1.92. The summed E-state index contributed by atoms with van der Waals surface area (Å²) >= 11 is 0. The van der Waals surface area contributed by atoms with Crippen LogP contribution in [-0.4, -0.2) is 30.8 Å². The summed E-state index contributed by atoms with van der Waals surface area (Å²) in [5.41, 5.74) is 4.53. The van der Waals surface area contributed by atoms with E-state index in [9.17, 15) is 9.59 Å². The fraction of sp³-hybridized carbons (Fsp3) is 0.333. The second-order valence-electron chi connectivity index (χ2n) is 6.12. The van der Waals surface area contributed by atoms with Crippen molar-refractivity contribution in [1.29, 1.82) is 0 Å². The summed E-state index contributed by atoms with van der Waals surface area (Å²) in [6, 6.07) is 7.64. The van der Waals surface area contributed by atoms with Gasteiger partial charge in [-0.1, -0.05) is 12.1 Å². The third kappa shape index (κ3) is 2.74. The van der Waals surface area contributed by atoms with Gasteiger partial charge in [0.1, 0.15) is 5.69 Å². The average molecular weight is 311 g/mol. The smallest absolute Gasteiger partial charge is 0.272 e. The van der Waals surface area contributed by atoms with Crippen LogP contribution in [0.1, 0.15) is 44.9 Å². The van der Waals surface area contributed by atoms with Crippen LogP contribution in [0, 0.1) is 6.92 Å². The minimum absolute atomic E-state index is 0.132. The van der Waals surface area contributed by atoms with Gasteiger partial charge in [0.25, 0.3) is 5.91 Å². The number of aryl methyl sites for hydroxylation is 1. The van der Waals surface area contributed by atoms with Gasteiger partial charge in [0, 0.05) is 31.8 Å². The summed E-state index contributed by atoms with van der Waals surface area (Å²) in [5, 5.41) is 2.95. The van der Waals surface area contributed by atoms with Crippen molar-refractivity contribution in [3.05, 3.63) is 46.8 Å². The molecule has 0 radical (unpaired) electrons. The molecule has 0 saturated carbocycles. The Morgan fingerprint density at radius 2 is 1.96 bits per heavy atom. The molecule has 0 unspecified atom stereocenters. The molecule has 0 atom stereocenters. The van der Waals surface area contributed by atoms with Gasteiger partial charge in [-0.25, -0.2) is 0 Å². The molecule has 1 heterocycles. The van der Waals surface area contributed by atoms with Gasteiger partial charge in [-0.2, -0.15) is 0 Å². The van der Waals surface area contributed by atoms with Crippen molar-refractivity contribution in [2.24, 2.45) is 0 Å². The van der Waals surface area contributed by atoms with Gasteiger partial charge in [-0.15, -0.1) is 0 Å². The molecule has 0 bridgehead atoms. The number of anilines is 2. The molecule has 2 N–H and O–H groups in total. The Labute approximate surface area is 135 Å². The topological polar surface area (TPSA) is 65.2 Å². The molecule has 0 aliphatic heterocycles. The number of hydrogen-bond donors (Lipinski definition) is 2. The number of carbonyl (C=O) groups excluding carboxylic acids is 2. The number of Topliss-reactive ketones (excluding diaryl/α,β-unsaturated/α-hetero) is 1. The van der Waals surface area contributed by atoms with Crippen LogP contribution in [0.3, 0.4) is 0 Å². The number of aromatic amines is 1. The lowest BCUT2D eigenvalue weighted by atomic mass is 9.94. The number of rotatable bonds is 3. The van der Waals surface area contributed by atoms with E-state index in [4.69, 9.17) is 0 Å². The number of ketones is 1. The van der Waals surface area contributed by atoms with Crippen LogP contribution >= 0.6 is 0 Å². The van der Waals surface area contributed by atoms with Gasteiger partial charge in [0.2, 0.25) is 0 Å². The van der Waals surface area contributed by atoms with Gasteiger partial charge in [0.15, 0.2) is 5.78 Å². The summed E-state index contributed by atoms with van der Waals surface area (Å²) in [7, 11) is 3.87. The standard InChI is InChI=1S/C18H21N3O2/c1-11-16-13(8-6-10-15(16)22)19-17(11)18(23)20-12-7-4-5-9-14(12)21(2)3/h4-5,7,9,19H,6,8,10H2,1-3H3,(H,20,23). The van der Waals surface area contributed by atoms with E-state index in [1.807, 2.05) is 50.2 Å². The predicted octanol–water partition coefficient (Wildman–Crippen LogP) is 3.16. The molecule has 2 aromatic rings. The first-order valence-corrected chi connectivity index (χ1v) is 7.81. The maximum Gasteiger partial charge on any atom is 0.272 e. The molecule has 5 heteroatoms. The van der Waals surface area contributed by atoms with Crippen LogP contribution in [0.5, 0.6) is 0 Å². The summed E-state index contributed by atoms with van der Waals surface area (Å²) < 4.78 is 0. The lowest BCUT2D eigenvalue weighted by Crippen LogP contribution is -2.17. The van der Waals surface area contributed by atoms with Crippen molar-refractivity contribution in [2.45, 2.75) is 26.2 Å². The molecule has 5 nitrogen and oxygen atoms in total. The number of hydrogen-bond acceptors (Lipinski definition) is 3. The largest absolute Gasteiger partial charge is 0.376 e. The number of H-pyrrole nitrogens is 1. The fourth-order valence-corrected chi connectivity index (χ4v) is 3.16. The van der Waals surface area contributed by atoms with E-state index >= 15 is 0 Å². The lowest BCUT2D eigenvalue weighted by molar-refractivity contribution is 0.0971. The van der Waals surface area contributed by atoms with E-state index in [1.54, 1.807) is 0 Å². The summed E-state index contributed by atoms with van der Waals surface area (Å²) in [4.78, 5) is 29.9. The average Bonchev–Trinajstić information content (AvgIpc) is 2.86. The Bertz CT molecular complexity index is 775. The van der Waals surface area contributed by atoms with Crippen LogP contribution in [0.2, 0.25) is 0 Å². The van der Waals surface area contributed by atoms with Crippen molar-refractivity contribution in [2.75, 3.05) is 24.3 Å². The van der Waals surface area contributed by atoms with Gasteiger partial charge in [-0.05, 0) is 37.5 Å². The molecule has 1 aliphatic carbocycles. The minimum Gasteiger partial charge on any atom is -0.376 e. The first kappa shape index (κ1) is 15.3. The Morgan fingerprint density at radius 1 is 1.22 bits per heavy atom. The van der Waals surface area contributed by atoms with Crippen LogP contribution in [0.15, 0.2) is 24.3 Å². The van der Waals surface area contributed by atoms with Crippen molar-refractivity contribution in [3.63, 3.8) is 0 Å². The van der Waals surface area contributed by atoms with Gasteiger partial charge in [0.05, 0.1) is 11.4 Å². The molecule has 3 rings (SSSR count). The second kappa shape index (κ2) is 5.91. The molecule has 0 fully saturated rings. The third-order valence-electron chi connectivity index (χ3n) is 4.30. The normalized spacial score (nSPS) is 13.6. The number of aromatic nitrogens is 1. The predicted molar refractivity (Wildman–Crippen MR) is 91.5 cm³/mol. The highest BCUT2D eigenvalue weighted by Crippen LogP contribution is 2.28. The zero-order valence-electron chi connectivity index (χ0n) is 13.7. The van der Waals surface area contributed by atoms with Crippen LogP contribution < -0.4 is 10.2 Å². The maximum absolute atomic E-state index is 12.7. The first-order valence-electron chi connectivity index (χ1n) is 7.81. The van der Waals surface area contributed by atoms with Crippen molar-refractivity contribution in [3.8, 4) is 0 Å². The van der Waals surface area contributed by atoms with Crippen LogP contribution in [0.25, 0.3) is 0 Å². The first-order chi connectivity index (χ1) is 11.0. The highest BCUT2D eigenvalue weighted by Gasteiger charge is 2.26. The summed E-state index contributed by atoms with van der Waals surface area (Å²) in [6.07, 6.45) is 2.23. The Hall–Kier alpha value is -2.56. The number of amides is 1. The molecule has 1 aromatic heterocycles.